The van der Waals surface area contributed by atoms with E-state index in [0.717, 1.165) is 11.6 Å². The molecule has 0 saturated carbocycles. The van der Waals surface area contributed by atoms with E-state index in [9.17, 15) is 18.0 Å². The first-order valence-corrected chi connectivity index (χ1v) is 8.94. The lowest BCUT2D eigenvalue weighted by atomic mass is 9.94. The third kappa shape index (κ3) is 4.42. The number of methoxy groups -OCH3 is 1. The second kappa shape index (κ2) is 7.99. The fourth-order valence-electron chi connectivity index (χ4n) is 3.17. The molecule has 150 valence electrons. The van der Waals surface area contributed by atoms with E-state index in [1.807, 2.05) is 13.0 Å². The van der Waals surface area contributed by atoms with E-state index in [1.165, 1.54) is 18.2 Å². The normalized spacial score (nSPS) is 11.2. The monoisotopic (exact) mass is 399 g/mol. The number of anilines is 1. The molecule has 1 amide bonds. The van der Waals surface area contributed by atoms with E-state index in [0.29, 0.717) is 28.1 Å². The number of amides is 1. The molecule has 3 aromatic rings. The zero-order valence-electron chi connectivity index (χ0n) is 16.2. The van der Waals surface area contributed by atoms with Crippen LogP contribution in [0.15, 0.2) is 60.7 Å². The lowest BCUT2D eigenvalue weighted by molar-refractivity contribution is -0.137. The van der Waals surface area contributed by atoms with Crippen LogP contribution in [0.4, 0.5) is 18.9 Å². The molecule has 3 aromatic carbocycles. The van der Waals surface area contributed by atoms with Crippen molar-refractivity contribution in [1.82, 2.24) is 0 Å². The number of carbonyl (C=O) groups excluding carboxylic acids is 1. The van der Waals surface area contributed by atoms with E-state index >= 15 is 0 Å². The van der Waals surface area contributed by atoms with Crippen molar-refractivity contribution in [2.45, 2.75) is 20.0 Å². The van der Waals surface area contributed by atoms with Gasteiger partial charge in [-0.15, -0.1) is 0 Å². The second-order valence-corrected chi connectivity index (χ2v) is 6.71. The van der Waals surface area contributed by atoms with Crippen LogP contribution < -0.4 is 10.1 Å². The number of hydrogen-bond acceptors (Lipinski definition) is 2. The quantitative estimate of drug-likeness (QED) is 0.563. The van der Waals surface area contributed by atoms with Gasteiger partial charge in [0.1, 0.15) is 5.75 Å². The first-order valence-electron chi connectivity index (χ1n) is 8.94. The van der Waals surface area contributed by atoms with Crippen molar-refractivity contribution in [2.24, 2.45) is 0 Å². The lowest BCUT2D eigenvalue weighted by Gasteiger charge is -2.15. The van der Waals surface area contributed by atoms with Gasteiger partial charge in [0.05, 0.1) is 12.7 Å². The highest BCUT2D eigenvalue weighted by atomic mass is 19.4. The Bertz CT molecular complexity index is 1060. The molecule has 0 fully saturated rings. The van der Waals surface area contributed by atoms with Gasteiger partial charge < -0.3 is 10.1 Å². The predicted molar refractivity (Wildman–Crippen MR) is 107 cm³/mol. The first-order chi connectivity index (χ1) is 13.7. The Hall–Kier alpha value is -3.28. The molecule has 0 radical (unpaired) electrons. The van der Waals surface area contributed by atoms with Crippen LogP contribution >= 0.6 is 0 Å². The van der Waals surface area contributed by atoms with Crippen LogP contribution in [-0.4, -0.2) is 13.0 Å². The van der Waals surface area contributed by atoms with Crippen LogP contribution in [0.1, 0.15) is 27.0 Å². The van der Waals surface area contributed by atoms with Crippen LogP contribution in [0, 0.1) is 13.8 Å². The lowest BCUT2D eigenvalue weighted by Crippen LogP contribution is -2.12. The summed E-state index contributed by atoms with van der Waals surface area (Å²) in [7, 11) is 1.55. The molecule has 0 aromatic heterocycles. The van der Waals surface area contributed by atoms with E-state index in [2.05, 4.69) is 5.32 Å². The van der Waals surface area contributed by atoms with Crippen LogP contribution in [-0.2, 0) is 6.18 Å². The maximum Gasteiger partial charge on any atom is 0.417 e. The van der Waals surface area contributed by atoms with E-state index in [-0.39, 0.29) is 11.5 Å². The minimum Gasteiger partial charge on any atom is -0.496 e. The molecule has 0 aliphatic rings. The average molecular weight is 399 g/mol. The molecule has 29 heavy (non-hydrogen) atoms. The van der Waals surface area contributed by atoms with Gasteiger partial charge in [-0.1, -0.05) is 30.3 Å². The Morgan fingerprint density at radius 1 is 0.897 bits per heavy atom. The average Bonchev–Trinajstić information content (AvgIpc) is 2.68. The Balaban J connectivity index is 1.90. The number of nitrogens with one attached hydrogen (secondary N) is 1. The van der Waals surface area contributed by atoms with Gasteiger partial charge in [0.2, 0.25) is 0 Å². The van der Waals surface area contributed by atoms with E-state index in [4.69, 9.17) is 4.74 Å². The van der Waals surface area contributed by atoms with E-state index < -0.39 is 11.7 Å². The zero-order chi connectivity index (χ0) is 21.2. The number of aryl methyl sites for hydroxylation is 2. The molecule has 0 saturated heterocycles. The SMILES string of the molecule is COc1cc(NC(=O)c2ccc(-c3ccccc3C(F)(F)F)c(C)c2)ccc1C. The van der Waals surface area contributed by atoms with Crippen LogP contribution in [0.25, 0.3) is 11.1 Å². The highest BCUT2D eigenvalue weighted by molar-refractivity contribution is 6.04. The van der Waals surface area contributed by atoms with Gasteiger partial charge in [-0.2, -0.15) is 13.2 Å². The zero-order valence-corrected chi connectivity index (χ0v) is 16.2. The molecule has 0 aliphatic carbocycles. The number of rotatable bonds is 4. The van der Waals surface area contributed by atoms with Crippen molar-refractivity contribution in [3.05, 3.63) is 82.9 Å². The topological polar surface area (TPSA) is 38.3 Å². The molecule has 1 N–H and O–H groups in total. The van der Waals surface area contributed by atoms with Gasteiger partial charge in [0.15, 0.2) is 0 Å². The molecule has 3 rings (SSSR count). The Kier molecular flexibility index (Phi) is 5.64. The molecular formula is C23H20F3NO2. The molecule has 0 aliphatic heterocycles. The summed E-state index contributed by atoms with van der Waals surface area (Å²) in [6.07, 6.45) is -4.45. The summed E-state index contributed by atoms with van der Waals surface area (Å²) in [5.74, 6) is 0.299. The molecule has 0 bridgehead atoms. The number of alkyl halides is 3. The standard InChI is InChI=1S/C23H20F3NO2/c1-14-8-10-17(13-21(14)29-3)27-22(28)16-9-11-18(15(2)12-16)19-6-4-5-7-20(19)23(24,25)26/h4-13H,1-3H3,(H,27,28). The van der Waals surface area contributed by atoms with E-state index in [1.54, 1.807) is 44.4 Å². The Labute approximate surface area is 167 Å². The van der Waals surface area contributed by atoms with Crippen molar-refractivity contribution >= 4 is 11.6 Å². The maximum atomic E-state index is 13.3. The van der Waals surface area contributed by atoms with Crippen molar-refractivity contribution in [1.29, 1.82) is 0 Å². The second-order valence-electron chi connectivity index (χ2n) is 6.71. The van der Waals surface area contributed by atoms with Crippen LogP contribution in [0.2, 0.25) is 0 Å². The maximum absolute atomic E-state index is 13.3. The number of hydrogen-bond donors (Lipinski definition) is 1. The van der Waals surface area contributed by atoms with Crippen LogP contribution in [0.3, 0.4) is 0 Å². The van der Waals surface area contributed by atoms with Crippen molar-refractivity contribution in [2.75, 3.05) is 12.4 Å². The largest absolute Gasteiger partial charge is 0.496 e. The highest BCUT2D eigenvalue weighted by Gasteiger charge is 2.33. The third-order valence-electron chi connectivity index (χ3n) is 4.68. The fraction of sp³-hybridized carbons (Fsp3) is 0.174. The predicted octanol–water partition coefficient (Wildman–Crippen LogP) is 6.25. The molecule has 0 atom stereocenters. The minimum absolute atomic E-state index is 0.0905. The van der Waals surface area contributed by atoms with Gasteiger partial charge in [-0.25, -0.2) is 0 Å². The molecule has 0 unspecified atom stereocenters. The Morgan fingerprint density at radius 2 is 1.62 bits per heavy atom. The summed E-state index contributed by atoms with van der Waals surface area (Å²) in [6, 6.07) is 15.4. The molecule has 6 heteroatoms. The molecule has 0 heterocycles. The minimum atomic E-state index is -4.45. The van der Waals surface area contributed by atoms with Crippen molar-refractivity contribution < 1.29 is 22.7 Å². The number of halogens is 3. The van der Waals surface area contributed by atoms with Gasteiger partial charge in [-0.3, -0.25) is 4.79 Å². The summed E-state index contributed by atoms with van der Waals surface area (Å²) >= 11 is 0. The van der Waals surface area contributed by atoms with Gasteiger partial charge in [0.25, 0.3) is 5.91 Å². The molecule has 3 nitrogen and oxygen atoms in total. The summed E-state index contributed by atoms with van der Waals surface area (Å²) in [4.78, 5) is 12.6. The third-order valence-corrected chi connectivity index (χ3v) is 4.68. The number of carbonyl (C=O) groups is 1. The first kappa shape index (κ1) is 20.5. The summed E-state index contributed by atoms with van der Waals surface area (Å²) in [5, 5.41) is 2.78. The molecular weight excluding hydrogens is 379 g/mol. The van der Waals surface area contributed by atoms with Gasteiger partial charge in [-0.05, 0) is 60.4 Å². The van der Waals surface area contributed by atoms with Gasteiger partial charge >= 0.3 is 6.18 Å². The van der Waals surface area contributed by atoms with Crippen molar-refractivity contribution in [3.8, 4) is 16.9 Å². The number of benzene rings is 3. The molecule has 0 spiro atoms. The van der Waals surface area contributed by atoms with Crippen LogP contribution in [0.5, 0.6) is 5.75 Å². The summed E-state index contributed by atoms with van der Waals surface area (Å²) in [6.45, 7) is 3.58. The fourth-order valence-corrected chi connectivity index (χ4v) is 3.17. The van der Waals surface area contributed by atoms with Crippen molar-refractivity contribution in [3.63, 3.8) is 0 Å². The number of ether oxygens (including phenoxy) is 1. The Morgan fingerprint density at radius 3 is 2.28 bits per heavy atom. The smallest absolute Gasteiger partial charge is 0.417 e. The van der Waals surface area contributed by atoms with Gasteiger partial charge in [0, 0.05) is 17.3 Å². The summed E-state index contributed by atoms with van der Waals surface area (Å²) < 4.78 is 45.2. The summed E-state index contributed by atoms with van der Waals surface area (Å²) in [5.41, 5.74) is 2.27. The highest BCUT2D eigenvalue weighted by Crippen LogP contribution is 2.38.